The SMILES string of the molecule is COc1cc(-c2nc(C3CC3)no2)ccc1N. The fraction of sp³-hybridized carbons (Fsp3) is 0.333. The smallest absolute Gasteiger partial charge is 0.258 e. The molecule has 1 aromatic carbocycles. The Hall–Kier alpha value is -2.04. The topological polar surface area (TPSA) is 74.2 Å². The Kier molecular flexibility index (Phi) is 2.24. The molecule has 0 saturated heterocycles. The van der Waals surface area contributed by atoms with E-state index in [4.69, 9.17) is 15.0 Å². The van der Waals surface area contributed by atoms with Crippen molar-refractivity contribution in [3.8, 4) is 17.2 Å². The lowest BCUT2D eigenvalue weighted by Crippen LogP contribution is -1.92. The fourth-order valence-corrected chi connectivity index (χ4v) is 1.70. The zero-order valence-corrected chi connectivity index (χ0v) is 9.51. The van der Waals surface area contributed by atoms with Crippen LogP contribution in [0.1, 0.15) is 24.6 Å². The first-order valence-electron chi connectivity index (χ1n) is 5.55. The van der Waals surface area contributed by atoms with Gasteiger partial charge in [0.25, 0.3) is 5.89 Å². The van der Waals surface area contributed by atoms with Crippen LogP contribution in [-0.2, 0) is 0 Å². The molecule has 0 radical (unpaired) electrons. The van der Waals surface area contributed by atoms with Crippen LogP contribution in [0.3, 0.4) is 0 Å². The van der Waals surface area contributed by atoms with Gasteiger partial charge < -0.3 is 15.0 Å². The van der Waals surface area contributed by atoms with Crippen LogP contribution in [0.25, 0.3) is 11.5 Å². The Morgan fingerprint density at radius 3 is 2.94 bits per heavy atom. The third-order valence-electron chi connectivity index (χ3n) is 2.86. The number of nitrogen functional groups attached to an aromatic ring is 1. The molecule has 1 saturated carbocycles. The van der Waals surface area contributed by atoms with Crippen molar-refractivity contribution in [2.24, 2.45) is 0 Å². The lowest BCUT2D eigenvalue weighted by Gasteiger charge is -2.04. The number of methoxy groups -OCH3 is 1. The van der Waals surface area contributed by atoms with E-state index in [-0.39, 0.29) is 0 Å². The summed E-state index contributed by atoms with van der Waals surface area (Å²) in [5.74, 6) is 2.43. The molecule has 0 aliphatic heterocycles. The molecule has 3 rings (SSSR count). The van der Waals surface area contributed by atoms with Crippen LogP contribution in [0.2, 0.25) is 0 Å². The highest BCUT2D eigenvalue weighted by molar-refractivity contribution is 5.64. The van der Waals surface area contributed by atoms with Crippen molar-refractivity contribution >= 4 is 5.69 Å². The van der Waals surface area contributed by atoms with Gasteiger partial charge in [-0.15, -0.1) is 0 Å². The number of anilines is 1. The fourth-order valence-electron chi connectivity index (χ4n) is 1.70. The van der Waals surface area contributed by atoms with Crippen molar-refractivity contribution in [2.45, 2.75) is 18.8 Å². The summed E-state index contributed by atoms with van der Waals surface area (Å²) >= 11 is 0. The summed E-state index contributed by atoms with van der Waals surface area (Å²) in [6.07, 6.45) is 2.31. The molecule has 1 aliphatic rings. The molecule has 0 unspecified atom stereocenters. The standard InChI is InChI=1S/C12H13N3O2/c1-16-10-6-8(4-5-9(10)13)12-14-11(15-17-12)7-2-3-7/h4-7H,2-3,13H2,1H3. The van der Waals surface area contributed by atoms with Crippen molar-refractivity contribution in [2.75, 3.05) is 12.8 Å². The molecule has 0 bridgehead atoms. The number of nitrogens with two attached hydrogens (primary N) is 1. The van der Waals surface area contributed by atoms with E-state index in [0.717, 1.165) is 24.2 Å². The van der Waals surface area contributed by atoms with Crippen LogP contribution in [-0.4, -0.2) is 17.3 Å². The summed E-state index contributed by atoms with van der Waals surface area (Å²) in [6, 6.07) is 5.43. The maximum Gasteiger partial charge on any atom is 0.258 e. The predicted octanol–water partition coefficient (Wildman–Crippen LogP) is 2.20. The van der Waals surface area contributed by atoms with E-state index < -0.39 is 0 Å². The maximum absolute atomic E-state index is 5.75. The molecule has 0 spiro atoms. The molecule has 88 valence electrons. The van der Waals surface area contributed by atoms with Crippen LogP contribution in [0, 0.1) is 0 Å². The second kappa shape index (κ2) is 3.76. The molecular weight excluding hydrogens is 218 g/mol. The number of aromatic nitrogens is 2. The first-order valence-corrected chi connectivity index (χ1v) is 5.55. The Bertz CT molecular complexity index is 546. The Balaban J connectivity index is 1.96. The predicted molar refractivity (Wildman–Crippen MR) is 62.7 cm³/mol. The summed E-state index contributed by atoms with van der Waals surface area (Å²) < 4.78 is 10.4. The van der Waals surface area contributed by atoms with Gasteiger partial charge in [-0.2, -0.15) is 4.98 Å². The second-order valence-corrected chi connectivity index (χ2v) is 4.19. The third-order valence-corrected chi connectivity index (χ3v) is 2.86. The molecule has 1 heterocycles. The van der Waals surface area contributed by atoms with Gasteiger partial charge in [-0.25, -0.2) is 0 Å². The van der Waals surface area contributed by atoms with Gasteiger partial charge in [0.2, 0.25) is 0 Å². The molecule has 2 aromatic rings. The van der Waals surface area contributed by atoms with Crippen molar-refractivity contribution in [3.63, 3.8) is 0 Å². The average molecular weight is 231 g/mol. The minimum Gasteiger partial charge on any atom is -0.495 e. The highest BCUT2D eigenvalue weighted by Gasteiger charge is 2.29. The molecule has 1 fully saturated rings. The van der Waals surface area contributed by atoms with Gasteiger partial charge in [-0.05, 0) is 31.0 Å². The first-order chi connectivity index (χ1) is 8.28. The van der Waals surface area contributed by atoms with Crippen LogP contribution in [0.4, 0.5) is 5.69 Å². The number of hydrogen-bond acceptors (Lipinski definition) is 5. The Labute approximate surface area is 98.6 Å². The molecule has 0 atom stereocenters. The molecule has 2 N–H and O–H groups in total. The number of rotatable bonds is 3. The third kappa shape index (κ3) is 1.84. The van der Waals surface area contributed by atoms with Crippen LogP contribution in [0.15, 0.2) is 22.7 Å². The Morgan fingerprint density at radius 1 is 1.41 bits per heavy atom. The van der Waals surface area contributed by atoms with E-state index in [1.807, 2.05) is 6.07 Å². The van der Waals surface area contributed by atoms with Gasteiger partial charge in [-0.1, -0.05) is 5.16 Å². The monoisotopic (exact) mass is 231 g/mol. The summed E-state index contributed by atoms with van der Waals surface area (Å²) in [4.78, 5) is 4.37. The van der Waals surface area contributed by atoms with Gasteiger partial charge in [0.1, 0.15) is 5.75 Å². The quantitative estimate of drug-likeness (QED) is 0.820. The van der Waals surface area contributed by atoms with E-state index in [0.29, 0.717) is 23.2 Å². The van der Waals surface area contributed by atoms with Crippen molar-refractivity contribution in [3.05, 3.63) is 24.0 Å². The van der Waals surface area contributed by atoms with Gasteiger partial charge in [0.15, 0.2) is 5.82 Å². The summed E-state index contributed by atoms with van der Waals surface area (Å²) in [6.45, 7) is 0. The minimum absolute atomic E-state index is 0.489. The van der Waals surface area contributed by atoms with E-state index in [2.05, 4.69) is 10.1 Å². The van der Waals surface area contributed by atoms with E-state index >= 15 is 0 Å². The molecule has 17 heavy (non-hydrogen) atoms. The molecule has 0 amide bonds. The Morgan fingerprint density at radius 2 is 2.24 bits per heavy atom. The second-order valence-electron chi connectivity index (χ2n) is 4.19. The van der Waals surface area contributed by atoms with Crippen molar-refractivity contribution in [1.29, 1.82) is 0 Å². The first kappa shape index (κ1) is 10.1. The normalized spacial score (nSPS) is 14.9. The zero-order valence-electron chi connectivity index (χ0n) is 9.51. The average Bonchev–Trinajstić information content (AvgIpc) is 3.08. The molecule has 5 heteroatoms. The van der Waals surface area contributed by atoms with Crippen molar-refractivity contribution in [1.82, 2.24) is 10.1 Å². The molecule has 1 aliphatic carbocycles. The summed E-state index contributed by atoms with van der Waals surface area (Å²) in [5, 5.41) is 3.97. The number of ether oxygens (including phenoxy) is 1. The highest BCUT2D eigenvalue weighted by atomic mass is 16.5. The number of benzene rings is 1. The van der Waals surface area contributed by atoms with E-state index in [1.54, 1.807) is 19.2 Å². The molecule has 5 nitrogen and oxygen atoms in total. The molecule has 1 aromatic heterocycles. The van der Waals surface area contributed by atoms with Gasteiger partial charge in [-0.3, -0.25) is 0 Å². The van der Waals surface area contributed by atoms with Gasteiger partial charge in [0, 0.05) is 11.5 Å². The zero-order chi connectivity index (χ0) is 11.8. The van der Waals surface area contributed by atoms with E-state index in [9.17, 15) is 0 Å². The minimum atomic E-state index is 0.489. The van der Waals surface area contributed by atoms with Gasteiger partial charge in [0.05, 0.1) is 12.8 Å². The molecular formula is C12H13N3O2. The van der Waals surface area contributed by atoms with Gasteiger partial charge >= 0.3 is 0 Å². The van der Waals surface area contributed by atoms with Crippen LogP contribution < -0.4 is 10.5 Å². The number of hydrogen-bond donors (Lipinski definition) is 1. The number of nitrogens with zero attached hydrogens (tertiary/aromatic N) is 2. The largest absolute Gasteiger partial charge is 0.495 e. The summed E-state index contributed by atoms with van der Waals surface area (Å²) in [5.41, 5.74) is 7.17. The van der Waals surface area contributed by atoms with Crippen LogP contribution >= 0.6 is 0 Å². The summed E-state index contributed by atoms with van der Waals surface area (Å²) in [7, 11) is 1.58. The lowest BCUT2D eigenvalue weighted by molar-refractivity contribution is 0.414. The lowest BCUT2D eigenvalue weighted by atomic mass is 10.2. The van der Waals surface area contributed by atoms with E-state index in [1.165, 1.54) is 0 Å². The van der Waals surface area contributed by atoms with Crippen LogP contribution in [0.5, 0.6) is 5.75 Å². The highest BCUT2D eigenvalue weighted by Crippen LogP contribution is 2.39. The maximum atomic E-state index is 5.75. The van der Waals surface area contributed by atoms with Crippen molar-refractivity contribution < 1.29 is 9.26 Å².